The highest BCUT2D eigenvalue weighted by atomic mass is 32.2. The molecule has 1 heterocycles. The van der Waals surface area contributed by atoms with E-state index in [0.29, 0.717) is 17.1 Å². The third kappa shape index (κ3) is 4.75. The maximum Gasteiger partial charge on any atom is 0.251 e. The zero-order valence-electron chi connectivity index (χ0n) is 12.7. The molecule has 2 rings (SSSR count). The first kappa shape index (κ1) is 16.9. The van der Waals surface area contributed by atoms with E-state index < -0.39 is 9.84 Å². The van der Waals surface area contributed by atoms with E-state index in [2.05, 4.69) is 15.3 Å². The third-order valence-electron chi connectivity index (χ3n) is 3.25. The van der Waals surface area contributed by atoms with Crippen molar-refractivity contribution in [1.82, 2.24) is 15.3 Å². The van der Waals surface area contributed by atoms with Crippen molar-refractivity contribution in [2.75, 3.05) is 23.8 Å². The van der Waals surface area contributed by atoms with E-state index in [1.807, 2.05) is 0 Å². The van der Waals surface area contributed by atoms with Crippen LogP contribution in [0, 0.1) is 0 Å². The fourth-order valence-electron chi connectivity index (χ4n) is 1.92. The van der Waals surface area contributed by atoms with Crippen molar-refractivity contribution in [3.05, 3.63) is 42.2 Å². The molecular weight excluding hydrogens is 316 g/mol. The topological polar surface area (TPSA) is 115 Å². The number of nitrogens with zero attached hydrogens (tertiary/aromatic N) is 2. The summed E-state index contributed by atoms with van der Waals surface area (Å²) in [6.07, 6.45) is 1.35. The van der Waals surface area contributed by atoms with Crippen molar-refractivity contribution in [1.29, 1.82) is 0 Å². The summed E-state index contributed by atoms with van der Waals surface area (Å²) in [5, 5.41) is 2.60. The van der Waals surface area contributed by atoms with Crippen LogP contribution in [0.1, 0.15) is 17.3 Å². The van der Waals surface area contributed by atoms with Gasteiger partial charge in [0.2, 0.25) is 0 Å². The molecule has 7 nitrogen and oxygen atoms in total. The number of amides is 1. The molecular formula is C15H18N4O3S. The van der Waals surface area contributed by atoms with Crippen LogP contribution < -0.4 is 11.1 Å². The van der Waals surface area contributed by atoms with Gasteiger partial charge in [-0.15, -0.1) is 0 Å². The van der Waals surface area contributed by atoms with Crippen molar-refractivity contribution in [3.8, 4) is 11.3 Å². The van der Waals surface area contributed by atoms with Crippen LogP contribution in [-0.4, -0.2) is 42.3 Å². The average Bonchev–Trinajstić information content (AvgIpc) is 2.55. The number of nitrogen functional groups attached to an aromatic ring is 1. The van der Waals surface area contributed by atoms with Crippen molar-refractivity contribution < 1.29 is 13.2 Å². The maximum absolute atomic E-state index is 12.1. The van der Waals surface area contributed by atoms with E-state index in [1.54, 1.807) is 37.3 Å². The van der Waals surface area contributed by atoms with E-state index in [4.69, 9.17) is 5.73 Å². The zero-order valence-corrected chi connectivity index (χ0v) is 13.5. The second kappa shape index (κ2) is 7.19. The van der Waals surface area contributed by atoms with Gasteiger partial charge in [0.1, 0.15) is 12.1 Å². The first-order chi connectivity index (χ1) is 10.9. The number of rotatable bonds is 6. The summed E-state index contributed by atoms with van der Waals surface area (Å²) in [6, 6.07) is 8.47. The minimum atomic E-state index is -3.10. The van der Waals surface area contributed by atoms with Crippen LogP contribution in [0.3, 0.4) is 0 Å². The van der Waals surface area contributed by atoms with Crippen LogP contribution >= 0.6 is 0 Å². The van der Waals surface area contributed by atoms with Crippen molar-refractivity contribution in [2.24, 2.45) is 0 Å². The first-order valence-electron chi connectivity index (χ1n) is 7.08. The molecule has 0 bridgehead atoms. The SMILES string of the molecule is CCS(=O)(=O)CCNC(=O)c1cccc(-c2cc(N)ncn2)c1. The predicted octanol–water partition coefficient (Wildman–Crippen LogP) is 0.890. The number of hydrogen-bond donors (Lipinski definition) is 2. The Hall–Kier alpha value is -2.48. The van der Waals surface area contributed by atoms with Gasteiger partial charge in [-0.3, -0.25) is 4.79 Å². The molecule has 0 atom stereocenters. The summed E-state index contributed by atoms with van der Waals surface area (Å²) in [5.74, 6) is 0.0000182. The predicted molar refractivity (Wildman–Crippen MR) is 88.5 cm³/mol. The molecule has 23 heavy (non-hydrogen) atoms. The Labute approximate surface area is 134 Å². The summed E-state index contributed by atoms with van der Waals surface area (Å²) in [4.78, 5) is 20.0. The molecule has 0 aliphatic carbocycles. The highest BCUT2D eigenvalue weighted by Crippen LogP contribution is 2.19. The van der Waals surface area contributed by atoms with Crippen LogP contribution in [0.25, 0.3) is 11.3 Å². The first-order valence-corrected chi connectivity index (χ1v) is 8.90. The lowest BCUT2D eigenvalue weighted by molar-refractivity contribution is 0.0956. The number of nitrogens with two attached hydrogens (primary N) is 1. The van der Waals surface area contributed by atoms with Gasteiger partial charge in [-0.1, -0.05) is 19.1 Å². The Morgan fingerprint density at radius 1 is 1.26 bits per heavy atom. The van der Waals surface area contributed by atoms with Crippen molar-refractivity contribution in [2.45, 2.75) is 6.92 Å². The smallest absolute Gasteiger partial charge is 0.251 e. The Bertz CT molecular complexity index is 806. The number of sulfone groups is 1. The van der Waals surface area contributed by atoms with Gasteiger partial charge in [0.25, 0.3) is 5.91 Å². The molecule has 0 fully saturated rings. The molecule has 8 heteroatoms. The lowest BCUT2D eigenvalue weighted by Gasteiger charge is -2.07. The Balaban J connectivity index is 2.09. The molecule has 1 aromatic carbocycles. The van der Waals surface area contributed by atoms with E-state index in [0.717, 1.165) is 5.56 Å². The molecule has 3 N–H and O–H groups in total. The van der Waals surface area contributed by atoms with E-state index in [1.165, 1.54) is 6.33 Å². The van der Waals surface area contributed by atoms with E-state index in [9.17, 15) is 13.2 Å². The summed E-state index contributed by atoms with van der Waals surface area (Å²) in [7, 11) is -3.10. The van der Waals surface area contributed by atoms with Crippen molar-refractivity contribution in [3.63, 3.8) is 0 Å². The molecule has 0 radical (unpaired) electrons. The number of nitrogens with one attached hydrogen (secondary N) is 1. The summed E-state index contributed by atoms with van der Waals surface area (Å²) >= 11 is 0. The minimum Gasteiger partial charge on any atom is -0.384 e. The number of anilines is 1. The van der Waals surface area contributed by atoms with Crippen LogP contribution in [0.4, 0.5) is 5.82 Å². The highest BCUT2D eigenvalue weighted by Gasteiger charge is 2.11. The summed E-state index contributed by atoms with van der Waals surface area (Å²) < 4.78 is 22.8. The molecule has 2 aromatic rings. The number of aromatic nitrogens is 2. The molecule has 1 amide bonds. The number of benzene rings is 1. The molecule has 0 aliphatic rings. The quantitative estimate of drug-likeness (QED) is 0.810. The van der Waals surface area contributed by atoms with E-state index >= 15 is 0 Å². The zero-order chi connectivity index (χ0) is 16.9. The van der Waals surface area contributed by atoms with Crippen LogP contribution in [0.15, 0.2) is 36.7 Å². The fourth-order valence-corrected chi connectivity index (χ4v) is 2.62. The molecule has 0 saturated carbocycles. The van der Waals surface area contributed by atoms with E-state index in [-0.39, 0.29) is 24.0 Å². The average molecular weight is 334 g/mol. The van der Waals surface area contributed by atoms with Crippen LogP contribution in [0.2, 0.25) is 0 Å². The lowest BCUT2D eigenvalue weighted by Crippen LogP contribution is -2.29. The van der Waals surface area contributed by atoms with Gasteiger partial charge in [0.05, 0.1) is 11.4 Å². The number of carbonyl (C=O) groups is 1. The second-order valence-corrected chi connectivity index (χ2v) is 7.37. The van der Waals surface area contributed by atoms with Crippen LogP contribution in [0.5, 0.6) is 0 Å². The van der Waals surface area contributed by atoms with Gasteiger partial charge in [-0.25, -0.2) is 18.4 Å². The Kier molecular flexibility index (Phi) is 5.28. The van der Waals surface area contributed by atoms with Crippen LogP contribution in [-0.2, 0) is 9.84 Å². The Morgan fingerprint density at radius 3 is 2.74 bits per heavy atom. The number of hydrogen-bond acceptors (Lipinski definition) is 6. The fraction of sp³-hybridized carbons (Fsp3) is 0.267. The van der Waals surface area contributed by atoms with Gasteiger partial charge in [-0.2, -0.15) is 0 Å². The standard InChI is InChI=1S/C15H18N4O3S/c1-2-23(21,22)7-6-17-15(20)12-5-3-4-11(8-12)13-9-14(16)19-10-18-13/h3-5,8-10H,2,6-7H2,1H3,(H,17,20)(H2,16,18,19). The van der Waals surface area contributed by atoms with Gasteiger partial charge in [0.15, 0.2) is 9.84 Å². The van der Waals surface area contributed by atoms with Crippen molar-refractivity contribution >= 4 is 21.6 Å². The van der Waals surface area contributed by atoms with Gasteiger partial charge < -0.3 is 11.1 Å². The summed E-state index contributed by atoms with van der Waals surface area (Å²) in [5.41, 5.74) is 7.39. The lowest BCUT2D eigenvalue weighted by atomic mass is 10.1. The van der Waals surface area contributed by atoms with Gasteiger partial charge >= 0.3 is 0 Å². The molecule has 0 aliphatic heterocycles. The highest BCUT2D eigenvalue weighted by molar-refractivity contribution is 7.91. The molecule has 0 saturated heterocycles. The molecule has 0 unspecified atom stereocenters. The molecule has 0 spiro atoms. The van der Waals surface area contributed by atoms with Gasteiger partial charge in [0, 0.05) is 29.5 Å². The third-order valence-corrected chi connectivity index (χ3v) is 4.95. The Morgan fingerprint density at radius 2 is 2.04 bits per heavy atom. The molecule has 1 aromatic heterocycles. The number of carbonyl (C=O) groups excluding carboxylic acids is 1. The maximum atomic E-state index is 12.1. The normalized spacial score (nSPS) is 11.2. The van der Waals surface area contributed by atoms with Gasteiger partial charge in [-0.05, 0) is 12.1 Å². The second-order valence-electron chi connectivity index (χ2n) is 4.90. The monoisotopic (exact) mass is 334 g/mol. The minimum absolute atomic E-state index is 0.0630. The largest absolute Gasteiger partial charge is 0.384 e. The molecule has 122 valence electrons. The summed E-state index contributed by atoms with van der Waals surface area (Å²) in [6.45, 7) is 1.66.